The van der Waals surface area contributed by atoms with Gasteiger partial charge in [-0.25, -0.2) is 0 Å². The molecule has 1 atom stereocenters. The molecule has 6 heteroatoms. The van der Waals surface area contributed by atoms with Crippen LogP contribution in [0.15, 0.2) is 0 Å². The molecule has 19 heavy (non-hydrogen) atoms. The Hall–Kier alpha value is -1.56. The highest BCUT2D eigenvalue weighted by Gasteiger charge is 2.18. The summed E-state index contributed by atoms with van der Waals surface area (Å²) in [5, 5.41) is 9.54. The molecule has 0 bridgehead atoms. The van der Waals surface area contributed by atoms with Crippen LogP contribution >= 0.6 is 0 Å². The zero-order valence-electron chi connectivity index (χ0n) is 11.7. The van der Waals surface area contributed by atoms with Crippen molar-refractivity contribution in [2.24, 2.45) is 5.92 Å². The summed E-state index contributed by atoms with van der Waals surface area (Å²) in [6.45, 7) is 8.01. The Kier molecular flexibility index (Phi) is 4.42. The summed E-state index contributed by atoms with van der Waals surface area (Å²) in [6.07, 6.45) is 2.59. The normalized spacial score (nSPS) is 17.6. The molecule has 1 aliphatic rings. The fourth-order valence-electron chi connectivity index (χ4n) is 2.43. The summed E-state index contributed by atoms with van der Waals surface area (Å²) in [5.74, 6) is 0.235. The Bertz CT molecular complexity index is 436. The van der Waals surface area contributed by atoms with E-state index < -0.39 is 0 Å². The lowest BCUT2D eigenvalue weighted by Gasteiger charge is -2.20. The SMILES string of the molecule is Cc1[nH]nc(C(=O)NCC(C)CN2CCCC2)c1N. The summed E-state index contributed by atoms with van der Waals surface area (Å²) >= 11 is 0. The van der Waals surface area contributed by atoms with Gasteiger partial charge in [-0.05, 0) is 38.8 Å². The molecule has 6 nitrogen and oxygen atoms in total. The lowest BCUT2D eigenvalue weighted by atomic mass is 10.1. The van der Waals surface area contributed by atoms with Crippen molar-refractivity contribution in [2.75, 3.05) is 31.9 Å². The van der Waals surface area contributed by atoms with Gasteiger partial charge in [0.05, 0.1) is 11.4 Å². The first-order chi connectivity index (χ1) is 9.08. The number of aryl methyl sites for hydroxylation is 1. The van der Waals surface area contributed by atoms with Crippen LogP contribution in [0, 0.1) is 12.8 Å². The molecule has 2 heterocycles. The fraction of sp³-hybridized carbons (Fsp3) is 0.692. The molecule has 1 unspecified atom stereocenters. The number of H-pyrrole nitrogens is 1. The molecule has 1 fully saturated rings. The van der Waals surface area contributed by atoms with E-state index in [9.17, 15) is 4.79 Å². The molecule has 1 amide bonds. The van der Waals surface area contributed by atoms with E-state index in [-0.39, 0.29) is 5.91 Å². The third kappa shape index (κ3) is 3.47. The number of nitrogens with zero attached hydrogens (tertiary/aromatic N) is 2. The second kappa shape index (κ2) is 6.06. The summed E-state index contributed by atoms with van der Waals surface area (Å²) in [4.78, 5) is 14.4. The molecule has 0 saturated carbocycles. The number of nitrogen functional groups attached to an aromatic ring is 1. The largest absolute Gasteiger partial charge is 0.395 e. The summed E-state index contributed by atoms with van der Waals surface area (Å²) in [7, 11) is 0. The van der Waals surface area contributed by atoms with E-state index in [0.29, 0.717) is 23.8 Å². The molecule has 4 N–H and O–H groups in total. The molecule has 1 aromatic rings. The zero-order valence-corrected chi connectivity index (χ0v) is 11.7. The van der Waals surface area contributed by atoms with Crippen LogP contribution in [0.4, 0.5) is 5.69 Å². The molecule has 0 spiro atoms. The van der Waals surface area contributed by atoms with E-state index in [1.165, 1.54) is 25.9 Å². The monoisotopic (exact) mass is 265 g/mol. The molecule has 1 aliphatic heterocycles. The van der Waals surface area contributed by atoms with Gasteiger partial charge in [0.15, 0.2) is 5.69 Å². The number of carbonyl (C=O) groups is 1. The van der Waals surface area contributed by atoms with Gasteiger partial charge in [-0.15, -0.1) is 0 Å². The number of nitrogens with one attached hydrogen (secondary N) is 2. The number of anilines is 1. The van der Waals surface area contributed by atoms with Gasteiger partial charge in [-0.2, -0.15) is 5.10 Å². The highest BCUT2D eigenvalue weighted by Crippen LogP contribution is 2.13. The van der Waals surface area contributed by atoms with Crippen LogP contribution in [-0.2, 0) is 0 Å². The first-order valence-corrected chi connectivity index (χ1v) is 6.89. The van der Waals surface area contributed by atoms with E-state index in [2.05, 4.69) is 27.3 Å². The molecule has 1 saturated heterocycles. The number of hydrogen-bond acceptors (Lipinski definition) is 4. The Morgan fingerprint density at radius 3 is 2.79 bits per heavy atom. The minimum atomic E-state index is -0.199. The highest BCUT2D eigenvalue weighted by molar-refractivity contribution is 5.97. The maximum absolute atomic E-state index is 11.9. The van der Waals surface area contributed by atoms with Crippen molar-refractivity contribution in [1.29, 1.82) is 0 Å². The standard InChI is InChI=1S/C13H23N5O/c1-9(8-18-5-3-4-6-18)7-15-13(19)12-11(14)10(2)16-17-12/h9H,3-8,14H2,1-2H3,(H,15,19)(H,16,17). The minimum Gasteiger partial charge on any atom is -0.395 e. The maximum atomic E-state index is 11.9. The van der Waals surface area contributed by atoms with Crippen LogP contribution < -0.4 is 11.1 Å². The lowest BCUT2D eigenvalue weighted by Crippen LogP contribution is -2.34. The average Bonchev–Trinajstić information content (AvgIpc) is 2.99. The van der Waals surface area contributed by atoms with Gasteiger partial charge in [0.2, 0.25) is 0 Å². The van der Waals surface area contributed by atoms with Gasteiger partial charge in [-0.3, -0.25) is 9.89 Å². The van der Waals surface area contributed by atoms with Crippen molar-refractivity contribution in [3.63, 3.8) is 0 Å². The quantitative estimate of drug-likeness (QED) is 0.733. The van der Waals surface area contributed by atoms with Gasteiger partial charge in [0.1, 0.15) is 0 Å². The topological polar surface area (TPSA) is 87.0 Å². The van der Waals surface area contributed by atoms with Crippen molar-refractivity contribution >= 4 is 11.6 Å². The van der Waals surface area contributed by atoms with Gasteiger partial charge in [-0.1, -0.05) is 6.92 Å². The van der Waals surface area contributed by atoms with Crippen LogP contribution in [-0.4, -0.2) is 47.2 Å². The van der Waals surface area contributed by atoms with E-state index in [4.69, 9.17) is 5.73 Å². The summed E-state index contributed by atoms with van der Waals surface area (Å²) < 4.78 is 0. The predicted molar refractivity (Wildman–Crippen MR) is 74.9 cm³/mol. The van der Waals surface area contributed by atoms with Gasteiger partial charge in [0.25, 0.3) is 5.91 Å². The molecular formula is C13H23N5O. The predicted octanol–water partition coefficient (Wildman–Crippen LogP) is 0.762. The van der Waals surface area contributed by atoms with Crippen molar-refractivity contribution < 1.29 is 4.79 Å². The van der Waals surface area contributed by atoms with Gasteiger partial charge < -0.3 is 16.0 Å². The van der Waals surface area contributed by atoms with Crippen molar-refractivity contribution in [3.8, 4) is 0 Å². The first kappa shape index (κ1) is 13.9. The van der Waals surface area contributed by atoms with Crippen molar-refractivity contribution in [1.82, 2.24) is 20.4 Å². The van der Waals surface area contributed by atoms with Crippen molar-refractivity contribution in [3.05, 3.63) is 11.4 Å². The molecular weight excluding hydrogens is 242 g/mol. The number of amides is 1. The van der Waals surface area contributed by atoms with Crippen LogP contribution in [0.1, 0.15) is 35.9 Å². The third-order valence-corrected chi connectivity index (χ3v) is 3.59. The highest BCUT2D eigenvalue weighted by atomic mass is 16.1. The second-order valence-electron chi connectivity index (χ2n) is 5.43. The van der Waals surface area contributed by atoms with Crippen molar-refractivity contribution in [2.45, 2.75) is 26.7 Å². The smallest absolute Gasteiger partial charge is 0.273 e. The Morgan fingerprint density at radius 1 is 1.53 bits per heavy atom. The van der Waals surface area contributed by atoms with E-state index in [1.54, 1.807) is 6.92 Å². The Labute approximate surface area is 113 Å². The molecule has 2 rings (SSSR count). The number of aromatic nitrogens is 2. The van der Waals surface area contributed by atoms with Crippen LogP contribution in [0.25, 0.3) is 0 Å². The summed E-state index contributed by atoms with van der Waals surface area (Å²) in [6, 6.07) is 0. The van der Waals surface area contributed by atoms with Gasteiger partial charge >= 0.3 is 0 Å². The zero-order chi connectivity index (χ0) is 13.8. The first-order valence-electron chi connectivity index (χ1n) is 6.89. The third-order valence-electron chi connectivity index (χ3n) is 3.59. The number of carbonyl (C=O) groups excluding carboxylic acids is 1. The minimum absolute atomic E-state index is 0.199. The number of nitrogens with two attached hydrogens (primary N) is 1. The fourth-order valence-corrected chi connectivity index (χ4v) is 2.43. The second-order valence-corrected chi connectivity index (χ2v) is 5.43. The van der Waals surface area contributed by atoms with Gasteiger partial charge in [0, 0.05) is 13.1 Å². The van der Waals surface area contributed by atoms with E-state index >= 15 is 0 Å². The number of hydrogen-bond donors (Lipinski definition) is 3. The van der Waals surface area contributed by atoms with E-state index in [0.717, 1.165) is 12.2 Å². The van der Waals surface area contributed by atoms with Crippen LogP contribution in [0.3, 0.4) is 0 Å². The van der Waals surface area contributed by atoms with Crippen LogP contribution in [0.5, 0.6) is 0 Å². The Balaban J connectivity index is 1.78. The number of aromatic amines is 1. The number of rotatable bonds is 5. The number of likely N-dealkylation sites (tertiary alicyclic amines) is 1. The Morgan fingerprint density at radius 2 is 2.21 bits per heavy atom. The molecule has 0 aliphatic carbocycles. The van der Waals surface area contributed by atoms with E-state index in [1.807, 2.05) is 0 Å². The molecule has 0 aromatic carbocycles. The average molecular weight is 265 g/mol. The maximum Gasteiger partial charge on any atom is 0.273 e. The summed E-state index contributed by atoms with van der Waals surface area (Å²) in [5.41, 5.74) is 7.24. The molecule has 1 aromatic heterocycles. The molecule has 0 radical (unpaired) electrons. The van der Waals surface area contributed by atoms with Crippen LogP contribution in [0.2, 0.25) is 0 Å². The molecule has 106 valence electrons. The lowest BCUT2D eigenvalue weighted by molar-refractivity contribution is 0.0941.